The van der Waals surface area contributed by atoms with E-state index >= 15 is 0 Å². The second-order valence-electron chi connectivity index (χ2n) is 8.43. The highest BCUT2D eigenvalue weighted by atomic mass is 35.5. The number of piperidine rings is 1. The van der Waals surface area contributed by atoms with E-state index in [4.69, 9.17) is 23.2 Å². The number of aromatic nitrogens is 2. The van der Waals surface area contributed by atoms with E-state index in [0.717, 1.165) is 10.9 Å². The molecule has 32 heavy (non-hydrogen) atoms. The summed E-state index contributed by atoms with van der Waals surface area (Å²) in [7, 11) is 0. The molecule has 7 nitrogen and oxygen atoms in total. The number of carbonyl (C=O) groups is 2. The summed E-state index contributed by atoms with van der Waals surface area (Å²) in [4.78, 5) is 35.4. The molecule has 1 aliphatic heterocycles. The van der Waals surface area contributed by atoms with Crippen LogP contribution in [0, 0.1) is 0 Å². The first-order valence-electron chi connectivity index (χ1n) is 10.4. The van der Waals surface area contributed by atoms with E-state index in [1.165, 1.54) is 6.20 Å². The Morgan fingerprint density at radius 2 is 1.91 bits per heavy atom. The van der Waals surface area contributed by atoms with Crippen LogP contribution in [0.3, 0.4) is 0 Å². The number of carbonyl (C=O) groups excluding carboxylic acids is 2. The number of likely N-dealkylation sites (tertiary alicyclic amines) is 1. The van der Waals surface area contributed by atoms with Gasteiger partial charge in [0, 0.05) is 47.3 Å². The van der Waals surface area contributed by atoms with Crippen LogP contribution in [0.4, 0.5) is 0 Å². The van der Waals surface area contributed by atoms with Crippen molar-refractivity contribution in [1.82, 2.24) is 20.2 Å². The van der Waals surface area contributed by atoms with Crippen LogP contribution in [0.2, 0.25) is 10.0 Å². The molecule has 0 spiro atoms. The zero-order valence-corrected chi connectivity index (χ0v) is 19.1. The molecule has 0 saturated carbocycles. The number of aliphatic hydroxyl groups is 1. The van der Waals surface area contributed by atoms with Gasteiger partial charge in [0.2, 0.25) is 5.91 Å². The van der Waals surface area contributed by atoms with E-state index in [0.29, 0.717) is 47.4 Å². The van der Waals surface area contributed by atoms with Gasteiger partial charge >= 0.3 is 0 Å². The van der Waals surface area contributed by atoms with Crippen LogP contribution in [0.15, 0.2) is 42.6 Å². The number of hydrogen-bond acceptors (Lipinski definition) is 4. The number of hydrogen-bond donors (Lipinski definition) is 3. The van der Waals surface area contributed by atoms with Crippen LogP contribution in [0.1, 0.15) is 35.9 Å². The topological polar surface area (TPSA) is 98.3 Å². The number of halogens is 2. The molecule has 0 bridgehead atoms. The molecule has 2 amide bonds. The summed E-state index contributed by atoms with van der Waals surface area (Å²) in [5, 5.41) is 15.0. The molecule has 1 fully saturated rings. The number of nitrogens with zero attached hydrogens (tertiary/aromatic N) is 2. The molecule has 1 atom stereocenters. The maximum absolute atomic E-state index is 13.3. The van der Waals surface area contributed by atoms with Gasteiger partial charge < -0.3 is 20.3 Å². The standard InChI is InChI=1S/C23H24Cl2N4O3/c1-23(32)6-8-29(9-7-23)22(31)20(12-17-4-2-16(25)13-26-17)28-21(30)19-11-14-10-15(24)3-5-18(14)27-19/h2-5,10-11,13,20,27,32H,6-9,12H2,1H3,(H,28,30). The molecule has 168 valence electrons. The summed E-state index contributed by atoms with van der Waals surface area (Å²) in [6.45, 7) is 2.63. The lowest BCUT2D eigenvalue weighted by Gasteiger charge is -2.37. The van der Waals surface area contributed by atoms with Gasteiger partial charge in [0.15, 0.2) is 0 Å². The number of pyridine rings is 1. The molecular weight excluding hydrogens is 451 g/mol. The molecule has 1 aliphatic rings. The van der Waals surface area contributed by atoms with Gasteiger partial charge in [-0.25, -0.2) is 0 Å². The third-order valence-electron chi connectivity index (χ3n) is 5.79. The minimum absolute atomic E-state index is 0.204. The van der Waals surface area contributed by atoms with Crippen LogP contribution in [-0.2, 0) is 11.2 Å². The fraction of sp³-hybridized carbons (Fsp3) is 0.348. The molecular formula is C23H24Cl2N4O3. The fourth-order valence-electron chi connectivity index (χ4n) is 3.83. The number of amides is 2. The van der Waals surface area contributed by atoms with Gasteiger partial charge in [0.25, 0.3) is 5.91 Å². The van der Waals surface area contributed by atoms with E-state index in [-0.39, 0.29) is 12.3 Å². The Balaban J connectivity index is 1.55. The second kappa shape index (κ2) is 9.10. The summed E-state index contributed by atoms with van der Waals surface area (Å²) in [5.41, 5.74) is 0.977. The Hall–Kier alpha value is -2.61. The first-order chi connectivity index (χ1) is 15.2. The minimum atomic E-state index is -0.811. The highest BCUT2D eigenvalue weighted by Crippen LogP contribution is 2.23. The molecule has 1 saturated heterocycles. The normalized spacial score (nSPS) is 16.7. The number of H-pyrrole nitrogens is 1. The fourth-order valence-corrected chi connectivity index (χ4v) is 4.12. The summed E-state index contributed by atoms with van der Waals surface area (Å²) in [6, 6.07) is 9.64. The van der Waals surface area contributed by atoms with E-state index < -0.39 is 17.6 Å². The van der Waals surface area contributed by atoms with Crippen LogP contribution in [-0.4, -0.2) is 56.5 Å². The number of benzene rings is 1. The van der Waals surface area contributed by atoms with E-state index in [1.54, 1.807) is 48.2 Å². The zero-order valence-electron chi connectivity index (χ0n) is 17.6. The van der Waals surface area contributed by atoms with Crippen molar-refractivity contribution < 1.29 is 14.7 Å². The van der Waals surface area contributed by atoms with Crippen LogP contribution < -0.4 is 5.32 Å². The number of fused-ring (bicyclic) bond motifs is 1. The molecule has 1 aromatic carbocycles. The molecule has 3 aromatic rings. The van der Waals surface area contributed by atoms with Gasteiger partial charge in [-0.2, -0.15) is 0 Å². The average Bonchev–Trinajstić information content (AvgIpc) is 3.17. The average molecular weight is 475 g/mol. The summed E-state index contributed by atoms with van der Waals surface area (Å²) in [6.07, 6.45) is 2.71. The molecule has 4 rings (SSSR count). The van der Waals surface area contributed by atoms with Gasteiger partial charge in [-0.05, 0) is 56.2 Å². The second-order valence-corrected chi connectivity index (χ2v) is 9.31. The van der Waals surface area contributed by atoms with Gasteiger partial charge in [-0.3, -0.25) is 14.6 Å². The van der Waals surface area contributed by atoms with Crippen molar-refractivity contribution in [1.29, 1.82) is 0 Å². The minimum Gasteiger partial charge on any atom is -0.390 e. The van der Waals surface area contributed by atoms with Gasteiger partial charge in [0.05, 0.1) is 10.6 Å². The van der Waals surface area contributed by atoms with Crippen molar-refractivity contribution in [3.63, 3.8) is 0 Å². The highest BCUT2D eigenvalue weighted by Gasteiger charge is 2.33. The largest absolute Gasteiger partial charge is 0.390 e. The predicted molar refractivity (Wildman–Crippen MR) is 124 cm³/mol. The van der Waals surface area contributed by atoms with Crippen molar-refractivity contribution in [3.05, 3.63) is 64.0 Å². The van der Waals surface area contributed by atoms with Crippen LogP contribution in [0.25, 0.3) is 10.9 Å². The van der Waals surface area contributed by atoms with Crippen LogP contribution in [0.5, 0.6) is 0 Å². The molecule has 0 aliphatic carbocycles. The van der Waals surface area contributed by atoms with Crippen LogP contribution >= 0.6 is 23.2 Å². The molecule has 3 N–H and O–H groups in total. The Morgan fingerprint density at radius 3 is 2.59 bits per heavy atom. The lowest BCUT2D eigenvalue weighted by Crippen LogP contribution is -2.53. The first kappa shape index (κ1) is 22.6. The quantitative estimate of drug-likeness (QED) is 0.526. The smallest absolute Gasteiger partial charge is 0.268 e. The van der Waals surface area contributed by atoms with Crippen molar-refractivity contribution in [2.45, 2.75) is 37.8 Å². The third kappa shape index (κ3) is 5.23. The Bertz CT molecular complexity index is 1130. The molecule has 3 heterocycles. The van der Waals surface area contributed by atoms with Crippen molar-refractivity contribution in [2.75, 3.05) is 13.1 Å². The Labute approximate surface area is 195 Å². The summed E-state index contributed by atoms with van der Waals surface area (Å²) < 4.78 is 0. The maximum atomic E-state index is 13.3. The van der Waals surface area contributed by atoms with E-state index in [9.17, 15) is 14.7 Å². The van der Waals surface area contributed by atoms with Gasteiger partial charge in [-0.15, -0.1) is 0 Å². The van der Waals surface area contributed by atoms with Gasteiger partial charge in [0.1, 0.15) is 11.7 Å². The Kier molecular flexibility index (Phi) is 6.42. The van der Waals surface area contributed by atoms with Crippen molar-refractivity contribution >= 4 is 45.9 Å². The number of aromatic amines is 1. The molecule has 0 radical (unpaired) electrons. The van der Waals surface area contributed by atoms with E-state index in [2.05, 4.69) is 15.3 Å². The highest BCUT2D eigenvalue weighted by molar-refractivity contribution is 6.31. The first-order valence-corrected chi connectivity index (χ1v) is 11.2. The third-order valence-corrected chi connectivity index (χ3v) is 6.24. The Morgan fingerprint density at radius 1 is 1.19 bits per heavy atom. The molecule has 9 heteroatoms. The lowest BCUT2D eigenvalue weighted by atomic mass is 9.93. The summed E-state index contributed by atoms with van der Waals surface area (Å²) >= 11 is 12.0. The van der Waals surface area contributed by atoms with Crippen molar-refractivity contribution in [3.8, 4) is 0 Å². The molecule has 1 unspecified atom stereocenters. The molecule has 2 aromatic heterocycles. The van der Waals surface area contributed by atoms with Gasteiger partial charge in [-0.1, -0.05) is 23.2 Å². The predicted octanol–water partition coefficient (Wildman–Crippen LogP) is 3.58. The van der Waals surface area contributed by atoms with E-state index in [1.807, 2.05) is 0 Å². The zero-order chi connectivity index (χ0) is 22.9. The number of rotatable bonds is 5. The van der Waals surface area contributed by atoms with Crippen molar-refractivity contribution in [2.24, 2.45) is 0 Å². The summed E-state index contributed by atoms with van der Waals surface area (Å²) in [5.74, 6) is -0.599. The maximum Gasteiger partial charge on any atom is 0.268 e. The SMILES string of the molecule is CC1(O)CCN(C(=O)C(Cc2ccc(Cl)cn2)NC(=O)c2cc3cc(Cl)ccc3[nH]2)CC1. The number of nitrogens with one attached hydrogen (secondary N) is 2. The monoisotopic (exact) mass is 474 g/mol. The lowest BCUT2D eigenvalue weighted by molar-refractivity contribution is -0.137.